The molecule has 0 saturated heterocycles. The van der Waals surface area contributed by atoms with Crippen molar-refractivity contribution < 1.29 is 41.8 Å². The Hall–Kier alpha value is -4.08. The smallest absolute Gasteiger partial charge is 0.344 e. The summed E-state index contributed by atoms with van der Waals surface area (Å²) < 4.78 is 64.5. The lowest BCUT2D eigenvalue weighted by molar-refractivity contribution is -0.142. The molecule has 0 radical (unpaired) electrons. The van der Waals surface area contributed by atoms with Crippen LogP contribution in [0.4, 0.5) is 17.6 Å². The lowest BCUT2D eigenvalue weighted by Gasteiger charge is -2.14. The van der Waals surface area contributed by atoms with E-state index in [1.165, 1.54) is 30.5 Å². The van der Waals surface area contributed by atoms with Gasteiger partial charge >= 0.3 is 5.97 Å². The number of oxime groups is 1. The Morgan fingerprint density at radius 3 is 1.91 bits per heavy atom. The second-order valence-corrected chi connectivity index (χ2v) is 6.68. The Morgan fingerprint density at radius 2 is 1.36 bits per heavy atom. The van der Waals surface area contributed by atoms with Crippen molar-refractivity contribution in [2.75, 3.05) is 6.61 Å². The normalized spacial score (nSPS) is 10.9. The van der Waals surface area contributed by atoms with Crippen LogP contribution in [0.2, 0.25) is 0 Å². The van der Waals surface area contributed by atoms with Crippen molar-refractivity contribution in [1.82, 2.24) is 0 Å². The van der Waals surface area contributed by atoms with Crippen molar-refractivity contribution in [1.29, 1.82) is 0 Å². The molecule has 0 unspecified atom stereocenters. The molecule has 0 aromatic heterocycles. The number of aliphatic carboxylic acids is 1. The van der Waals surface area contributed by atoms with Gasteiger partial charge in [0.2, 0.25) is 6.61 Å². The fraction of sp³-hybridized carbons (Fsp3) is 0.130. The van der Waals surface area contributed by atoms with Crippen molar-refractivity contribution in [2.45, 2.75) is 13.2 Å². The van der Waals surface area contributed by atoms with Crippen LogP contribution < -0.4 is 9.47 Å². The van der Waals surface area contributed by atoms with Gasteiger partial charge in [-0.15, -0.1) is 0 Å². The Labute approximate surface area is 185 Å². The van der Waals surface area contributed by atoms with Crippen molar-refractivity contribution in [3.63, 3.8) is 0 Å². The van der Waals surface area contributed by atoms with Crippen LogP contribution in [0.25, 0.3) is 0 Å². The van der Waals surface area contributed by atoms with E-state index in [-0.39, 0.29) is 24.7 Å². The standard InChI is InChI=1S/C23H17F4NO5/c24-17-4-1-15(7-19(17)26)11-31-21-6-3-14(10-28-33-13-23(29)30)9-22(21)32-12-16-2-5-18(25)20(27)8-16/h1-10H,11-13H2,(H,29,30)/b28-10+. The first-order chi connectivity index (χ1) is 15.8. The molecule has 0 amide bonds. The zero-order valence-electron chi connectivity index (χ0n) is 16.9. The molecule has 0 atom stereocenters. The van der Waals surface area contributed by atoms with Gasteiger partial charge in [0.1, 0.15) is 13.2 Å². The first kappa shape index (κ1) is 23.6. The maximum absolute atomic E-state index is 13.5. The third-order valence-electron chi connectivity index (χ3n) is 4.19. The average molecular weight is 463 g/mol. The summed E-state index contributed by atoms with van der Waals surface area (Å²) in [5.41, 5.74) is 1.18. The molecule has 0 spiro atoms. The molecule has 33 heavy (non-hydrogen) atoms. The van der Waals surface area contributed by atoms with E-state index < -0.39 is 35.8 Å². The lowest BCUT2D eigenvalue weighted by atomic mass is 10.2. The summed E-state index contributed by atoms with van der Waals surface area (Å²) >= 11 is 0. The Morgan fingerprint density at radius 1 is 0.788 bits per heavy atom. The van der Waals surface area contributed by atoms with E-state index >= 15 is 0 Å². The molecule has 3 rings (SSSR count). The topological polar surface area (TPSA) is 77.4 Å². The monoisotopic (exact) mass is 463 g/mol. The van der Waals surface area contributed by atoms with E-state index in [4.69, 9.17) is 14.6 Å². The predicted molar refractivity (Wildman–Crippen MR) is 109 cm³/mol. The van der Waals surface area contributed by atoms with Gasteiger partial charge in [0.15, 0.2) is 34.8 Å². The van der Waals surface area contributed by atoms with E-state index in [9.17, 15) is 22.4 Å². The van der Waals surface area contributed by atoms with Gasteiger partial charge in [0, 0.05) is 5.56 Å². The quantitative estimate of drug-likeness (QED) is 0.265. The summed E-state index contributed by atoms with van der Waals surface area (Å²) in [7, 11) is 0. The molecule has 6 nitrogen and oxygen atoms in total. The second kappa shape index (κ2) is 11.0. The van der Waals surface area contributed by atoms with Gasteiger partial charge in [-0.1, -0.05) is 17.3 Å². The number of nitrogens with zero attached hydrogens (tertiary/aromatic N) is 1. The summed E-state index contributed by atoms with van der Waals surface area (Å²) in [5.74, 6) is -4.79. The van der Waals surface area contributed by atoms with Gasteiger partial charge in [0.25, 0.3) is 0 Å². The molecule has 0 bridgehead atoms. The van der Waals surface area contributed by atoms with Gasteiger partial charge in [-0.3, -0.25) is 0 Å². The molecular formula is C23H17F4NO5. The van der Waals surface area contributed by atoms with Crippen LogP contribution in [0.15, 0.2) is 59.8 Å². The largest absolute Gasteiger partial charge is 0.485 e. The van der Waals surface area contributed by atoms with Crippen molar-refractivity contribution >= 4 is 12.2 Å². The van der Waals surface area contributed by atoms with Gasteiger partial charge in [-0.05, 0) is 53.6 Å². The van der Waals surface area contributed by atoms with E-state index in [0.29, 0.717) is 16.7 Å². The summed E-state index contributed by atoms with van der Waals surface area (Å²) in [6.45, 7) is -0.853. The van der Waals surface area contributed by atoms with Gasteiger partial charge < -0.3 is 19.4 Å². The number of hydrogen-bond donors (Lipinski definition) is 1. The number of halogens is 4. The molecule has 1 N–H and O–H groups in total. The highest BCUT2D eigenvalue weighted by molar-refractivity contribution is 5.80. The molecule has 0 aliphatic carbocycles. The summed E-state index contributed by atoms with van der Waals surface area (Å²) in [5, 5.41) is 12.1. The Bertz CT molecular complexity index is 1170. The van der Waals surface area contributed by atoms with Crippen LogP contribution in [0.1, 0.15) is 16.7 Å². The number of rotatable bonds is 10. The summed E-state index contributed by atoms with van der Waals surface area (Å²) in [6, 6.07) is 11.2. The van der Waals surface area contributed by atoms with Gasteiger partial charge in [-0.2, -0.15) is 0 Å². The number of benzene rings is 3. The minimum absolute atomic E-state index is 0.103. The van der Waals surface area contributed by atoms with Crippen LogP contribution in [0, 0.1) is 23.3 Å². The Kier molecular flexibility index (Phi) is 7.85. The highest BCUT2D eigenvalue weighted by atomic mass is 19.2. The predicted octanol–water partition coefficient (Wildman–Crippen LogP) is 4.84. The van der Waals surface area contributed by atoms with Crippen molar-refractivity contribution in [3.05, 3.63) is 94.6 Å². The number of hydrogen-bond acceptors (Lipinski definition) is 5. The Balaban J connectivity index is 1.77. The van der Waals surface area contributed by atoms with Crippen LogP contribution >= 0.6 is 0 Å². The van der Waals surface area contributed by atoms with E-state index in [1.807, 2.05) is 0 Å². The van der Waals surface area contributed by atoms with E-state index in [2.05, 4.69) is 9.99 Å². The van der Waals surface area contributed by atoms with Crippen molar-refractivity contribution in [2.24, 2.45) is 5.16 Å². The molecule has 0 aliphatic heterocycles. The molecule has 0 fully saturated rings. The van der Waals surface area contributed by atoms with Crippen LogP contribution in [0.3, 0.4) is 0 Å². The maximum Gasteiger partial charge on any atom is 0.344 e. The minimum atomic E-state index is -1.19. The molecule has 0 saturated carbocycles. The highest BCUT2D eigenvalue weighted by Gasteiger charge is 2.10. The van der Waals surface area contributed by atoms with Crippen LogP contribution in [-0.4, -0.2) is 23.9 Å². The number of carbonyl (C=O) groups is 1. The minimum Gasteiger partial charge on any atom is -0.485 e. The zero-order chi connectivity index (χ0) is 23.8. The van der Waals surface area contributed by atoms with Gasteiger partial charge in [0.05, 0.1) is 6.21 Å². The first-order valence-corrected chi connectivity index (χ1v) is 9.46. The average Bonchev–Trinajstić information content (AvgIpc) is 2.79. The zero-order valence-corrected chi connectivity index (χ0v) is 16.9. The second-order valence-electron chi connectivity index (χ2n) is 6.68. The molecule has 3 aromatic carbocycles. The third kappa shape index (κ3) is 6.96. The maximum atomic E-state index is 13.5. The summed E-state index contributed by atoms with van der Waals surface area (Å²) in [6.07, 6.45) is 1.24. The first-order valence-electron chi connectivity index (χ1n) is 9.46. The third-order valence-corrected chi connectivity index (χ3v) is 4.19. The lowest BCUT2D eigenvalue weighted by Crippen LogP contribution is -2.04. The number of carboxylic acid groups (broad SMARTS) is 1. The number of carboxylic acids is 1. The molecule has 0 heterocycles. The summed E-state index contributed by atoms with van der Waals surface area (Å²) in [4.78, 5) is 15.1. The molecule has 10 heteroatoms. The molecule has 3 aromatic rings. The van der Waals surface area contributed by atoms with E-state index in [0.717, 1.165) is 24.3 Å². The fourth-order valence-corrected chi connectivity index (χ4v) is 2.61. The molecule has 0 aliphatic rings. The van der Waals surface area contributed by atoms with Gasteiger partial charge in [-0.25, -0.2) is 22.4 Å². The van der Waals surface area contributed by atoms with E-state index in [1.54, 1.807) is 6.07 Å². The highest BCUT2D eigenvalue weighted by Crippen LogP contribution is 2.30. The van der Waals surface area contributed by atoms with Crippen LogP contribution in [-0.2, 0) is 22.8 Å². The number of ether oxygens (including phenoxy) is 2. The molecular weight excluding hydrogens is 446 g/mol. The van der Waals surface area contributed by atoms with Crippen LogP contribution in [0.5, 0.6) is 11.5 Å². The SMILES string of the molecule is O=C(O)CO/N=C/c1ccc(OCc2ccc(F)c(F)c2)c(OCc2ccc(F)c(F)c2)c1. The molecule has 172 valence electrons. The fourth-order valence-electron chi connectivity index (χ4n) is 2.61. The van der Waals surface area contributed by atoms with Crippen molar-refractivity contribution in [3.8, 4) is 11.5 Å².